The lowest BCUT2D eigenvalue weighted by Gasteiger charge is -2.27. The van der Waals surface area contributed by atoms with E-state index in [0.29, 0.717) is 12.5 Å². The maximum Gasteiger partial charge on any atom is 0.224 e. The summed E-state index contributed by atoms with van der Waals surface area (Å²) in [4.78, 5) is 13.8. The first-order valence-electron chi connectivity index (χ1n) is 7.59. The van der Waals surface area contributed by atoms with E-state index in [4.69, 9.17) is 4.42 Å². The van der Waals surface area contributed by atoms with Crippen molar-refractivity contribution in [2.75, 3.05) is 19.4 Å². The summed E-state index contributed by atoms with van der Waals surface area (Å²) in [6.07, 6.45) is 3.63. The van der Waals surface area contributed by atoms with E-state index in [0.717, 1.165) is 41.7 Å². The van der Waals surface area contributed by atoms with Crippen molar-refractivity contribution in [3.63, 3.8) is 0 Å². The Hall–Kier alpha value is -1.81. The lowest BCUT2D eigenvalue weighted by molar-refractivity contribution is -0.115. The van der Waals surface area contributed by atoms with Crippen LogP contribution in [0.15, 0.2) is 22.6 Å². The number of hydrogen-bond acceptors (Lipinski definition) is 3. The van der Waals surface area contributed by atoms with Crippen LogP contribution in [0.1, 0.15) is 31.1 Å². The number of fused-ring (bicyclic) bond motifs is 3. The molecular formula is C17H22N2O2. The maximum atomic E-state index is 11.5. The summed E-state index contributed by atoms with van der Waals surface area (Å²) < 4.78 is 5.97. The van der Waals surface area contributed by atoms with E-state index in [2.05, 4.69) is 24.3 Å². The fourth-order valence-corrected chi connectivity index (χ4v) is 3.03. The Morgan fingerprint density at radius 2 is 2.24 bits per heavy atom. The van der Waals surface area contributed by atoms with Crippen LogP contribution in [0.25, 0.3) is 11.0 Å². The Bertz CT molecular complexity index is 673. The second-order valence-corrected chi connectivity index (χ2v) is 5.98. The summed E-state index contributed by atoms with van der Waals surface area (Å²) in [6.45, 7) is 1.86. The van der Waals surface area contributed by atoms with Crippen LogP contribution in [0.3, 0.4) is 0 Å². The molecule has 1 atom stereocenters. The topological polar surface area (TPSA) is 45.5 Å². The highest BCUT2D eigenvalue weighted by Gasteiger charge is 2.25. The number of nitrogens with one attached hydrogen (secondary N) is 1. The summed E-state index contributed by atoms with van der Waals surface area (Å²) >= 11 is 0. The van der Waals surface area contributed by atoms with Gasteiger partial charge in [0.05, 0.1) is 0 Å². The van der Waals surface area contributed by atoms with Gasteiger partial charge < -0.3 is 14.6 Å². The maximum absolute atomic E-state index is 11.5. The van der Waals surface area contributed by atoms with E-state index in [1.807, 2.05) is 25.1 Å². The van der Waals surface area contributed by atoms with Crippen molar-refractivity contribution in [2.45, 2.75) is 38.6 Å². The van der Waals surface area contributed by atoms with Gasteiger partial charge in [-0.15, -0.1) is 0 Å². The van der Waals surface area contributed by atoms with Crippen LogP contribution in [0.5, 0.6) is 0 Å². The zero-order valence-electron chi connectivity index (χ0n) is 12.9. The van der Waals surface area contributed by atoms with Gasteiger partial charge in [-0.05, 0) is 45.1 Å². The first-order valence-corrected chi connectivity index (χ1v) is 7.59. The molecule has 1 unspecified atom stereocenters. The molecule has 0 saturated heterocycles. The van der Waals surface area contributed by atoms with E-state index >= 15 is 0 Å². The predicted molar refractivity (Wildman–Crippen MR) is 84.6 cm³/mol. The molecular weight excluding hydrogens is 264 g/mol. The number of anilines is 1. The molecule has 1 aliphatic carbocycles. The lowest BCUT2D eigenvalue weighted by Crippen LogP contribution is -2.33. The number of amides is 1. The van der Waals surface area contributed by atoms with E-state index in [9.17, 15) is 4.79 Å². The fraction of sp³-hybridized carbons (Fsp3) is 0.471. The molecule has 1 heterocycles. The van der Waals surface area contributed by atoms with E-state index < -0.39 is 0 Å². The number of furan rings is 1. The molecule has 4 nitrogen and oxygen atoms in total. The average molecular weight is 286 g/mol. The molecule has 0 aliphatic heterocycles. The predicted octanol–water partition coefficient (Wildman–Crippen LogP) is 3.20. The molecule has 0 bridgehead atoms. The Morgan fingerprint density at radius 1 is 1.43 bits per heavy atom. The quantitative estimate of drug-likeness (QED) is 0.942. The molecule has 4 heteroatoms. The normalized spacial score (nSPS) is 18.0. The monoisotopic (exact) mass is 286 g/mol. The fourth-order valence-electron chi connectivity index (χ4n) is 3.03. The molecule has 2 aromatic rings. The van der Waals surface area contributed by atoms with E-state index in [1.165, 1.54) is 5.56 Å². The molecule has 0 fully saturated rings. The van der Waals surface area contributed by atoms with Crippen LogP contribution in [-0.2, 0) is 17.6 Å². The number of rotatable bonds is 3. The van der Waals surface area contributed by atoms with Gasteiger partial charge >= 0.3 is 0 Å². The zero-order valence-corrected chi connectivity index (χ0v) is 12.9. The average Bonchev–Trinajstić information content (AvgIpc) is 2.84. The third kappa shape index (κ3) is 2.68. The van der Waals surface area contributed by atoms with Crippen molar-refractivity contribution < 1.29 is 9.21 Å². The Balaban J connectivity index is 1.97. The van der Waals surface area contributed by atoms with Crippen molar-refractivity contribution in [1.29, 1.82) is 0 Å². The van der Waals surface area contributed by atoms with E-state index in [1.54, 1.807) is 0 Å². The highest BCUT2D eigenvalue weighted by molar-refractivity contribution is 5.94. The molecule has 0 spiro atoms. The highest BCUT2D eigenvalue weighted by atomic mass is 16.3. The van der Waals surface area contributed by atoms with Crippen molar-refractivity contribution in [2.24, 2.45) is 0 Å². The van der Waals surface area contributed by atoms with Gasteiger partial charge in [0.15, 0.2) is 0 Å². The van der Waals surface area contributed by atoms with Crippen LogP contribution in [0, 0.1) is 0 Å². The zero-order chi connectivity index (χ0) is 15.0. The summed E-state index contributed by atoms with van der Waals surface area (Å²) in [7, 11) is 4.26. The second-order valence-electron chi connectivity index (χ2n) is 5.98. The van der Waals surface area contributed by atoms with Crippen LogP contribution in [-0.4, -0.2) is 30.9 Å². The summed E-state index contributed by atoms with van der Waals surface area (Å²) in [5.41, 5.74) is 3.08. The number of benzene rings is 1. The molecule has 1 aromatic carbocycles. The van der Waals surface area contributed by atoms with Gasteiger partial charge in [-0.3, -0.25) is 4.79 Å². The van der Waals surface area contributed by atoms with Gasteiger partial charge in [-0.2, -0.15) is 0 Å². The number of nitrogens with zero attached hydrogens (tertiary/aromatic N) is 1. The molecule has 0 radical (unpaired) electrons. The van der Waals surface area contributed by atoms with Crippen molar-refractivity contribution in [3.8, 4) is 0 Å². The Labute approximate surface area is 125 Å². The second kappa shape index (κ2) is 5.53. The number of carbonyl (C=O) groups is 1. The molecule has 21 heavy (non-hydrogen) atoms. The first kappa shape index (κ1) is 14.1. The SMILES string of the molecule is CCC(=O)Nc1ccc2oc3c(c2c1)CC(N(C)C)CC3. The Kier molecular flexibility index (Phi) is 3.72. The van der Waals surface area contributed by atoms with E-state index in [-0.39, 0.29) is 5.91 Å². The molecule has 1 aliphatic rings. The summed E-state index contributed by atoms with van der Waals surface area (Å²) in [6, 6.07) is 6.48. The smallest absolute Gasteiger partial charge is 0.224 e. The molecule has 3 rings (SSSR count). The summed E-state index contributed by atoms with van der Waals surface area (Å²) in [5, 5.41) is 4.07. The van der Waals surface area contributed by atoms with Crippen LogP contribution in [0.2, 0.25) is 0 Å². The highest BCUT2D eigenvalue weighted by Crippen LogP contribution is 2.34. The van der Waals surface area contributed by atoms with Gasteiger partial charge in [0.1, 0.15) is 11.3 Å². The molecule has 112 valence electrons. The van der Waals surface area contributed by atoms with Crippen molar-refractivity contribution in [3.05, 3.63) is 29.5 Å². The third-order valence-corrected chi connectivity index (χ3v) is 4.35. The minimum Gasteiger partial charge on any atom is -0.461 e. The van der Waals surface area contributed by atoms with Crippen LogP contribution < -0.4 is 5.32 Å². The molecule has 1 N–H and O–H groups in total. The number of carbonyl (C=O) groups excluding carboxylic acids is 1. The standard InChI is InChI=1S/C17H22N2O2/c1-4-17(20)18-11-5-7-15-13(9-11)14-10-12(19(2)3)6-8-16(14)21-15/h5,7,9,12H,4,6,8,10H2,1-3H3,(H,18,20). The lowest BCUT2D eigenvalue weighted by atomic mass is 9.91. The van der Waals surface area contributed by atoms with Gasteiger partial charge in [0.25, 0.3) is 0 Å². The number of likely N-dealkylation sites (N-methyl/N-ethyl adjacent to an activating group) is 1. The van der Waals surface area contributed by atoms with Crippen LogP contribution in [0.4, 0.5) is 5.69 Å². The minimum absolute atomic E-state index is 0.0397. The van der Waals surface area contributed by atoms with Crippen molar-refractivity contribution >= 4 is 22.6 Å². The Morgan fingerprint density at radius 3 is 2.95 bits per heavy atom. The van der Waals surface area contributed by atoms with Gasteiger partial charge in [0.2, 0.25) is 5.91 Å². The first-order chi connectivity index (χ1) is 10.1. The summed E-state index contributed by atoms with van der Waals surface area (Å²) in [5.74, 6) is 1.15. The number of hydrogen-bond donors (Lipinski definition) is 1. The van der Waals surface area contributed by atoms with Gasteiger partial charge in [0, 0.05) is 35.5 Å². The van der Waals surface area contributed by atoms with Crippen LogP contribution >= 0.6 is 0 Å². The van der Waals surface area contributed by atoms with Crippen molar-refractivity contribution in [1.82, 2.24) is 4.90 Å². The molecule has 1 amide bonds. The third-order valence-electron chi connectivity index (χ3n) is 4.35. The molecule has 1 aromatic heterocycles. The van der Waals surface area contributed by atoms with Gasteiger partial charge in [-0.1, -0.05) is 6.92 Å². The largest absolute Gasteiger partial charge is 0.461 e. The minimum atomic E-state index is 0.0397. The number of aryl methyl sites for hydroxylation is 1. The van der Waals surface area contributed by atoms with Gasteiger partial charge in [-0.25, -0.2) is 0 Å². The molecule has 0 saturated carbocycles.